The van der Waals surface area contributed by atoms with E-state index in [1.54, 1.807) is 6.20 Å². The Labute approximate surface area is 101 Å². The van der Waals surface area contributed by atoms with Gasteiger partial charge in [0.2, 0.25) is 0 Å². The fourth-order valence-electron chi connectivity index (χ4n) is 1.36. The first kappa shape index (κ1) is 12.3. The molecular weight excluding hydrogens is 210 g/mol. The highest BCUT2D eigenvalue weighted by Crippen LogP contribution is 2.22. The Bertz CT molecular complexity index is 568. The fraction of sp³-hybridized carbons (Fsp3) is 0.0667. The van der Waals surface area contributed by atoms with Crippen LogP contribution in [0.4, 0.5) is 0 Å². The zero-order valence-corrected chi connectivity index (χ0v) is 9.10. The molecule has 2 heteroatoms. The summed E-state index contributed by atoms with van der Waals surface area (Å²) in [4.78, 5) is 14.6. The maximum atomic E-state index is 10.5. The first-order chi connectivity index (χ1) is 8.33. The molecule has 0 spiro atoms. The van der Waals surface area contributed by atoms with E-state index in [2.05, 4.69) is 28.7 Å². The number of allylic oxidation sites excluding steroid dienone is 2. The summed E-state index contributed by atoms with van der Waals surface area (Å²) in [6.45, 7) is 0. The molecule has 0 fully saturated rings. The molecule has 0 bridgehead atoms. The third kappa shape index (κ3) is 3.38. The molecule has 1 aliphatic rings. The number of aldehydes is 1. The third-order valence-electron chi connectivity index (χ3n) is 2.05. The van der Waals surface area contributed by atoms with Gasteiger partial charge in [0.25, 0.3) is 0 Å². The molecule has 0 atom stereocenters. The van der Waals surface area contributed by atoms with Gasteiger partial charge in [-0.05, 0) is 29.7 Å². The molecule has 0 amide bonds. The Morgan fingerprint density at radius 1 is 1.29 bits per heavy atom. The zero-order valence-electron chi connectivity index (χ0n) is 9.10. The average Bonchev–Trinajstić information content (AvgIpc) is 2.80. The minimum atomic E-state index is 0.771. The molecule has 0 unspecified atom stereocenters. The first-order valence-electron chi connectivity index (χ1n) is 4.84. The average molecular weight is 219 g/mol. The topological polar surface area (TPSA) is 30.0 Å². The van der Waals surface area contributed by atoms with Crippen molar-refractivity contribution in [2.75, 3.05) is 0 Å². The third-order valence-corrected chi connectivity index (χ3v) is 2.05. The largest absolute Gasteiger partial charge is 0.298 e. The molecule has 2 nitrogen and oxygen atoms in total. The summed E-state index contributed by atoms with van der Waals surface area (Å²) >= 11 is 0. The highest BCUT2D eigenvalue weighted by atomic mass is 16.1. The number of carbonyl (C=O) groups excluding carboxylic acids is 1. The number of carbonyl (C=O) groups is 1. The van der Waals surface area contributed by atoms with E-state index in [9.17, 15) is 4.79 Å². The van der Waals surface area contributed by atoms with Crippen molar-refractivity contribution < 1.29 is 4.79 Å². The van der Waals surface area contributed by atoms with Crippen LogP contribution in [0.1, 0.15) is 11.3 Å². The van der Waals surface area contributed by atoms with Crippen molar-refractivity contribution in [3.05, 3.63) is 35.7 Å². The minimum absolute atomic E-state index is 0.771. The van der Waals surface area contributed by atoms with E-state index in [0.29, 0.717) is 0 Å². The van der Waals surface area contributed by atoms with Crippen molar-refractivity contribution in [1.29, 1.82) is 0 Å². The van der Waals surface area contributed by atoms with E-state index in [-0.39, 0.29) is 0 Å². The second-order valence-corrected chi connectivity index (χ2v) is 3.02. The van der Waals surface area contributed by atoms with Gasteiger partial charge in [0.1, 0.15) is 6.29 Å². The lowest BCUT2D eigenvalue weighted by atomic mass is 10.1. The maximum absolute atomic E-state index is 10.5. The molecule has 2 rings (SSSR count). The van der Waals surface area contributed by atoms with Crippen LogP contribution in [-0.2, 0) is 11.2 Å². The number of pyridine rings is 1. The second kappa shape index (κ2) is 6.67. The Morgan fingerprint density at radius 3 is 2.59 bits per heavy atom. The van der Waals surface area contributed by atoms with E-state index in [4.69, 9.17) is 12.8 Å². The van der Waals surface area contributed by atoms with Crippen LogP contribution in [0.2, 0.25) is 0 Å². The predicted molar refractivity (Wildman–Crippen MR) is 67.4 cm³/mol. The number of rotatable bonds is 1. The van der Waals surface area contributed by atoms with Crippen LogP contribution < -0.4 is 0 Å². The van der Waals surface area contributed by atoms with Crippen molar-refractivity contribution in [2.45, 2.75) is 6.42 Å². The summed E-state index contributed by atoms with van der Waals surface area (Å²) in [6, 6.07) is 3.77. The van der Waals surface area contributed by atoms with Gasteiger partial charge in [-0.25, -0.2) is 0 Å². The predicted octanol–water partition coefficient (Wildman–Crippen LogP) is 1.48. The second-order valence-electron chi connectivity index (χ2n) is 3.02. The van der Waals surface area contributed by atoms with Gasteiger partial charge >= 0.3 is 0 Å². The van der Waals surface area contributed by atoms with Crippen LogP contribution in [0.25, 0.3) is 5.57 Å². The van der Waals surface area contributed by atoms with Crippen molar-refractivity contribution in [1.82, 2.24) is 4.98 Å². The molecule has 0 aromatic carbocycles. The molecule has 1 heterocycles. The van der Waals surface area contributed by atoms with Crippen molar-refractivity contribution in [3.63, 3.8) is 0 Å². The molecule has 17 heavy (non-hydrogen) atoms. The Kier molecular flexibility index (Phi) is 4.83. The smallest absolute Gasteiger partial charge is 0.150 e. The molecule has 0 radical (unpaired) electrons. The number of nitrogens with zero attached hydrogens (tertiary/aromatic N) is 1. The zero-order chi connectivity index (χ0) is 12.5. The van der Waals surface area contributed by atoms with Gasteiger partial charge in [-0.2, -0.15) is 0 Å². The van der Waals surface area contributed by atoms with Crippen LogP contribution in [-0.4, -0.2) is 11.3 Å². The lowest BCUT2D eigenvalue weighted by Gasteiger charge is -1.95. The SMILES string of the molecule is C#CC#CC#C.O=CC1=CCc2ncccc21. The molecule has 0 N–H and O–H groups in total. The molecule has 80 valence electrons. The summed E-state index contributed by atoms with van der Waals surface area (Å²) in [5.74, 6) is 8.61. The standard InChI is InChI=1S/C9H7NO.C6H2/c11-6-7-3-4-9-8(7)2-1-5-10-9;1-3-5-6-4-2/h1-3,5-6H,4H2;1-2H. The summed E-state index contributed by atoms with van der Waals surface area (Å²) in [6.07, 6.45) is 14.7. The number of hydrogen-bond acceptors (Lipinski definition) is 2. The van der Waals surface area contributed by atoms with Gasteiger partial charge < -0.3 is 0 Å². The number of hydrogen-bond donors (Lipinski definition) is 0. The van der Waals surface area contributed by atoms with E-state index in [1.807, 2.05) is 18.2 Å². The van der Waals surface area contributed by atoms with Gasteiger partial charge in [0, 0.05) is 23.8 Å². The molecule has 1 aromatic heterocycles. The number of aromatic nitrogens is 1. The van der Waals surface area contributed by atoms with Crippen molar-refractivity contribution in [3.8, 4) is 36.5 Å². The summed E-state index contributed by atoms with van der Waals surface area (Å²) in [5, 5.41) is 0. The van der Waals surface area contributed by atoms with E-state index in [1.165, 1.54) is 0 Å². The molecular formula is C15H9NO. The highest BCUT2D eigenvalue weighted by Gasteiger charge is 2.12. The lowest BCUT2D eigenvalue weighted by molar-refractivity contribution is -0.103. The van der Waals surface area contributed by atoms with Gasteiger partial charge in [-0.1, -0.05) is 12.1 Å². The van der Waals surface area contributed by atoms with Crippen LogP contribution in [0, 0.1) is 36.5 Å². The summed E-state index contributed by atoms with van der Waals surface area (Å²) in [7, 11) is 0. The maximum Gasteiger partial charge on any atom is 0.150 e. The first-order valence-corrected chi connectivity index (χ1v) is 4.84. The highest BCUT2D eigenvalue weighted by molar-refractivity contribution is 6.08. The van der Waals surface area contributed by atoms with Gasteiger partial charge in [0.05, 0.1) is 5.69 Å². The minimum Gasteiger partial charge on any atom is -0.298 e. The summed E-state index contributed by atoms with van der Waals surface area (Å²) < 4.78 is 0. The Hall–Kier alpha value is -2.76. The van der Waals surface area contributed by atoms with Gasteiger partial charge in [-0.3, -0.25) is 9.78 Å². The van der Waals surface area contributed by atoms with Crippen LogP contribution in [0.5, 0.6) is 0 Å². The van der Waals surface area contributed by atoms with Crippen molar-refractivity contribution >= 4 is 11.9 Å². The van der Waals surface area contributed by atoms with E-state index in [0.717, 1.165) is 29.5 Å². The van der Waals surface area contributed by atoms with Crippen LogP contribution in [0.3, 0.4) is 0 Å². The fourth-order valence-corrected chi connectivity index (χ4v) is 1.36. The lowest BCUT2D eigenvalue weighted by Crippen LogP contribution is -1.87. The normalized spacial score (nSPS) is 10.1. The summed E-state index contributed by atoms with van der Waals surface area (Å²) in [5.41, 5.74) is 2.77. The molecule has 1 aliphatic carbocycles. The Morgan fingerprint density at radius 2 is 2.00 bits per heavy atom. The van der Waals surface area contributed by atoms with Gasteiger partial charge in [0.15, 0.2) is 0 Å². The van der Waals surface area contributed by atoms with Crippen LogP contribution in [0.15, 0.2) is 24.4 Å². The Balaban J connectivity index is 0.000000209. The van der Waals surface area contributed by atoms with Crippen molar-refractivity contribution in [2.24, 2.45) is 0 Å². The molecule has 0 saturated carbocycles. The number of terminal acetylenes is 2. The van der Waals surface area contributed by atoms with E-state index < -0.39 is 0 Å². The number of fused-ring (bicyclic) bond motifs is 1. The molecule has 1 aromatic rings. The quantitative estimate of drug-likeness (QED) is 0.529. The monoisotopic (exact) mass is 219 g/mol. The van der Waals surface area contributed by atoms with Crippen LogP contribution >= 0.6 is 0 Å². The van der Waals surface area contributed by atoms with Gasteiger partial charge in [-0.15, -0.1) is 12.8 Å². The molecule has 0 aliphatic heterocycles. The molecule has 0 saturated heterocycles. The van der Waals surface area contributed by atoms with E-state index >= 15 is 0 Å².